The van der Waals surface area contributed by atoms with Crippen molar-refractivity contribution in [3.63, 3.8) is 0 Å². The first-order valence-electron chi connectivity index (χ1n) is 28.8. The minimum absolute atomic E-state index is 0.186. The van der Waals surface area contributed by atoms with Crippen LogP contribution in [0.25, 0.3) is 0 Å². The van der Waals surface area contributed by atoms with Crippen molar-refractivity contribution in [2.75, 3.05) is 51.7 Å². The van der Waals surface area contributed by atoms with Crippen LogP contribution in [0.4, 0.5) is 14.4 Å². The van der Waals surface area contributed by atoms with Crippen LogP contribution in [0.3, 0.4) is 0 Å². The number of nitrogens with zero attached hydrogens (tertiary/aromatic N) is 3. The third-order valence-electron chi connectivity index (χ3n) is 16.4. The molecule has 7 aliphatic heterocycles. The van der Waals surface area contributed by atoms with Crippen LogP contribution in [0.1, 0.15) is 158 Å². The topological polar surface area (TPSA) is 162 Å². The van der Waals surface area contributed by atoms with Crippen LogP contribution in [0.5, 0.6) is 46.0 Å². The fourth-order valence-corrected chi connectivity index (χ4v) is 13.5. The molecule has 3 fully saturated rings. The van der Waals surface area contributed by atoms with E-state index < -0.39 is 16.8 Å². The van der Waals surface area contributed by atoms with Crippen LogP contribution in [0.2, 0.25) is 0 Å². The summed E-state index contributed by atoms with van der Waals surface area (Å²) in [5.74, 6) is 8.47. The smallest absolute Gasteiger partial charge is 0.410 e. The first-order chi connectivity index (χ1) is 39.2. The highest BCUT2D eigenvalue weighted by molar-refractivity contribution is 14.1. The lowest BCUT2D eigenvalue weighted by molar-refractivity contribution is 0.0199. The van der Waals surface area contributed by atoms with E-state index in [4.69, 9.17) is 63.7 Å². The average Bonchev–Trinajstić information content (AvgIpc) is 4.10. The van der Waals surface area contributed by atoms with Crippen molar-refractivity contribution in [2.45, 2.75) is 179 Å². The molecular weight excluding hydrogens is 1190 g/mol. The lowest BCUT2D eigenvalue weighted by Gasteiger charge is -2.34. The normalized spacial score (nSPS) is 23.0. The van der Waals surface area contributed by atoms with Crippen LogP contribution in [0, 0.1) is 0 Å². The third-order valence-corrected chi connectivity index (χ3v) is 16.7. The van der Waals surface area contributed by atoms with Gasteiger partial charge in [0.15, 0.2) is 46.0 Å². The van der Waals surface area contributed by atoms with Crippen molar-refractivity contribution < 1.29 is 66.5 Å². The number of likely N-dealkylation sites (tertiary alicyclic amines) is 3. The van der Waals surface area contributed by atoms with E-state index in [0.29, 0.717) is 50.8 Å². The maximum atomic E-state index is 12.5. The Labute approximate surface area is 500 Å². The molecule has 7 heterocycles. The Morgan fingerprint density at radius 3 is 1.06 bits per heavy atom. The number of amides is 3. The largest absolute Gasteiger partial charge is 0.454 e. The Morgan fingerprint density at radius 2 is 0.756 bits per heavy atom. The van der Waals surface area contributed by atoms with E-state index in [1.54, 1.807) is 0 Å². The van der Waals surface area contributed by atoms with Crippen LogP contribution < -0.4 is 37.9 Å². The van der Waals surface area contributed by atoms with Crippen molar-refractivity contribution in [1.82, 2.24) is 14.7 Å². The molecule has 0 spiro atoms. The number of carbonyl (C=O) groups excluding carboxylic acids is 3. The number of fused-ring (bicyclic) bond motifs is 16. The molecule has 82 heavy (non-hydrogen) atoms. The van der Waals surface area contributed by atoms with Gasteiger partial charge < -0.3 is 66.8 Å². The molecule has 6 atom stereocenters. The van der Waals surface area contributed by atoms with Gasteiger partial charge in [0.25, 0.3) is 0 Å². The van der Waals surface area contributed by atoms with E-state index in [9.17, 15) is 14.4 Å². The van der Waals surface area contributed by atoms with Crippen molar-refractivity contribution in [3.8, 4) is 46.0 Å². The van der Waals surface area contributed by atoms with Gasteiger partial charge in [-0.2, -0.15) is 0 Å². The molecule has 0 saturated carbocycles. The van der Waals surface area contributed by atoms with Crippen molar-refractivity contribution in [2.24, 2.45) is 0 Å². The van der Waals surface area contributed by atoms with Gasteiger partial charge in [-0.3, -0.25) is 0 Å². The second kappa shape index (κ2) is 24.4. The molecule has 2 unspecified atom stereocenters. The molecule has 3 saturated heterocycles. The van der Waals surface area contributed by atoms with Gasteiger partial charge in [-0.25, -0.2) is 14.4 Å². The van der Waals surface area contributed by atoms with Crippen molar-refractivity contribution in [1.29, 1.82) is 0 Å². The summed E-state index contributed by atoms with van der Waals surface area (Å²) in [6.07, 6.45) is 8.01. The van der Waals surface area contributed by atoms with Gasteiger partial charge in [0.2, 0.25) is 27.2 Å². The van der Waals surface area contributed by atoms with E-state index in [2.05, 4.69) is 40.8 Å². The molecule has 0 N–H and O–H groups in total. The molecule has 17 nitrogen and oxygen atoms in total. The third kappa shape index (κ3) is 12.5. The fraction of sp³-hybridized carbons (Fsp3) is 0.571. The van der Waals surface area contributed by atoms with Gasteiger partial charge in [0.05, 0.1) is 5.88 Å². The second-order valence-corrected chi connectivity index (χ2v) is 25.2. The number of ether oxygens (including phenoxy) is 11. The summed E-state index contributed by atoms with van der Waals surface area (Å²) < 4.78 is 60.5. The van der Waals surface area contributed by atoms with Crippen LogP contribution >= 0.6 is 34.2 Å². The first kappa shape index (κ1) is 59.3. The van der Waals surface area contributed by atoms with E-state index in [-0.39, 0.29) is 36.4 Å². The monoisotopic (exact) mass is 1260 g/mol. The lowest BCUT2D eigenvalue weighted by Crippen LogP contribution is -2.42. The minimum atomic E-state index is -0.451. The maximum Gasteiger partial charge on any atom is 0.410 e. The van der Waals surface area contributed by atoms with Crippen molar-refractivity contribution in [3.05, 3.63) is 93.5 Å². The number of alkyl halides is 2. The number of carbonyl (C=O) groups is 3. The van der Waals surface area contributed by atoms with Gasteiger partial charge in [-0.1, -0.05) is 52.9 Å². The average molecular weight is 1260 g/mol. The number of hydrogen-bond acceptors (Lipinski definition) is 14. The Hall–Kier alpha value is -5.89. The fourth-order valence-electron chi connectivity index (χ4n) is 13.3. The molecule has 10 aliphatic rings. The molecule has 4 aromatic rings. The number of hydrogen-bond donors (Lipinski definition) is 0. The highest BCUT2D eigenvalue weighted by atomic mass is 127. The summed E-state index contributed by atoms with van der Waals surface area (Å²) in [6, 6.07) is 18.9. The summed E-state index contributed by atoms with van der Waals surface area (Å²) >= 11 is 7.83. The summed E-state index contributed by atoms with van der Waals surface area (Å²) in [7, 11) is 0. The molecule has 14 rings (SSSR count). The Kier molecular flexibility index (Phi) is 17.6. The minimum Gasteiger partial charge on any atom is -0.454 e. The summed E-state index contributed by atoms with van der Waals surface area (Å²) in [4.78, 5) is 45.2. The van der Waals surface area contributed by atoms with Gasteiger partial charge >= 0.3 is 18.3 Å². The molecule has 19 heteroatoms. The molecule has 0 radical (unpaired) electrons. The zero-order valence-corrected chi connectivity index (χ0v) is 51.9. The second-order valence-electron chi connectivity index (χ2n) is 24.9. The van der Waals surface area contributed by atoms with Crippen LogP contribution in [-0.2, 0) is 39.4 Å². The van der Waals surface area contributed by atoms with Gasteiger partial charge in [-0.05, 0) is 166 Å². The Morgan fingerprint density at radius 1 is 0.451 bits per heavy atom. The van der Waals surface area contributed by atoms with Gasteiger partial charge in [-0.15, -0.1) is 11.6 Å². The summed E-state index contributed by atoms with van der Waals surface area (Å²) in [5, 5.41) is 0. The molecule has 444 valence electrons. The van der Waals surface area contributed by atoms with Crippen molar-refractivity contribution >= 4 is 52.5 Å². The molecule has 0 bridgehead atoms. The standard InChI is InChI=1S/3C18H23NO4.C8H7ClO2.CH3I/c3*1-18(2,3)23-17(20)19-9-8-12-11-5-7-15-16(22-10-21-15)13(11)4-6-14(12)19;9-4-6-2-1-3-7-8(6)11-5-10-7;1-2/h3*5,7,12,14H,4,6,8-10H2,1-3H3;1-3H,4-5H2;1H3/t2*12?,14-;12-,14-;;/m110../s1. The highest BCUT2D eigenvalue weighted by Gasteiger charge is 2.47. The molecular formula is C63H79ClIN3O14. The SMILES string of the molecule is CC(C)(C)OC(=O)N1CCC2c3ccc4c(c3CC[C@H]21)OCO4.CC(C)(C)OC(=O)N1CCC2c3ccc4c(c3CC[C@H]21)OCO4.CC(C)(C)OC(=O)N1CC[C@H]2c3ccc4c(c3CC[C@@H]21)OCO4.CI.ClCc1cccc2c1OCO2. The maximum absolute atomic E-state index is 12.5. The predicted molar refractivity (Wildman–Crippen MR) is 317 cm³/mol. The molecule has 0 aromatic heterocycles. The van der Waals surface area contributed by atoms with E-state index in [1.807, 2.05) is 118 Å². The first-order valence-corrected chi connectivity index (χ1v) is 31.5. The van der Waals surface area contributed by atoms with Crippen LogP contribution in [0.15, 0.2) is 54.6 Å². The zero-order valence-electron chi connectivity index (χ0n) is 49.0. The highest BCUT2D eigenvalue weighted by Crippen LogP contribution is 2.52. The summed E-state index contributed by atoms with van der Waals surface area (Å²) in [6.45, 7) is 20.7. The van der Waals surface area contributed by atoms with Gasteiger partial charge in [0, 0.05) is 77.8 Å². The lowest BCUT2D eigenvalue weighted by atomic mass is 9.79. The molecule has 3 aliphatic carbocycles. The quantitative estimate of drug-likeness (QED) is 0.100. The predicted octanol–water partition coefficient (Wildman–Crippen LogP) is 13.6. The Bertz CT molecular complexity index is 2740. The Balaban J connectivity index is 0.000000124. The number of rotatable bonds is 1. The van der Waals surface area contributed by atoms with Gasteiger partial charge in [0.1, 0.15) is 16.8 Å². The number of para-hydroxylation sites is 1. The molecule has 3 amide bonds. The van der Waals surface area contributed by atoms with E-state index in [1.165, 1.54) is 33.4 Å². The van der Waals surface area contributed by atoms with E-state index >= 15 is 0 Å². The van der Waals surface area contributed by atoms with E-state index in [0.717, 1.165) is 129 Å². The van der Waals surface area contributed by atoms with Crippen LogP contribution in [-0.4, -0.2) is 120 Å². The summed E-state index contributed by atoms with van der Waals surface area (Å²) in [5.41, 5.74) is 7.40. The number of halogens is 2. The molecule has 4 aromatic carbocycles. The number of benzene rings is 4. The zero-order chi connectivity index (χ0) is 58.3.